The van der Waals surface area contributed by atoms with E-state index in [1.165, 1.54) is 10.5 Å². The Bertz CT molecular complexity index is 909. The van der Waals surface area contributed by atoms with Gasteiger partial charge in [0.15, 0.2) is 5.76 Å². The summed E-state index contributed by atoms with van der Waals surface area (Å²) in [5.74, 6) is 0.0153. The molecule has 8 nitrogen and oxygen atoms in total. The Hall–Kier alpha value is -1.97. The molecule has 2 aromatic heterocycles. The van der Waals surface area contributed by atoms with E-state index in [0.29, 0.717) is 30.8 Å². The van der Waals surface area contributed by atoms with Crippen molar-refractivity contribution in [2.24, 2.45) is 0 Å². The van der Waals surface area contributed by atoms with Gasteiger partial charge in [-0.3, -0.25) is 4.79 Å². The van der Waals surface area contributed by atoms with E-state index in [2.05, 4.69) is 10.1 Å². The maximum Gasteiger partial charge on any atom is 0.257 e. The molecule has 26 heavy (non-hydrogen) atoms. The molecule has 0 radical (unpaired) electrons. The number of aromatic nitrogens is 2. The van der Waals surface area contributed by atoms with Crippen molar-refractivity contribution in [1.29, 1.82) is 0 Å². The monoisotopic (exact) mass is 398 g/mol. The summed E-state index contributed by atoms with van der Waals surface area (Å²) < 4.78 is 32.2. The Labute approximate surface area is 156 Å². The third-order valence-corrected chi connectivity index (χ3v) is 6.74. The van der Waals surface area contributed by atoms with Crippen LogP contribution in [-0.2, 0) is 10.0 Å². The van der Waals surface area contributed by atoms with Gasteiger partial charge in [-0.2, -0.15) is 4.31 Å². The van der Waals surface area contributed by atoms with Crippen LogP contribution in [0.25, 0.3) is 0 Å². The molecular formula is C16H19ClN4O4S. The molecule has 1 aliphatic rings. The minimum atomic E-state index is -3.72. The summed E-state index contributed by atoms with van der Waals surface area (Å²) in [5.41, 5.74) is 0.651. The molecule has 3 rings (SSSR count). The molecule has 0 spiro atoms. The number of hydrogen-bond donors (Lipinski definition) is 0. The number of sulfonamides is 1. The molecule has 2 aromatic rings. The Balaban J connectivity index is 1.79. The van der Waals surface area contributed by atoms with E-state index < -0.39 is 10.0 Å². The highest BCUT2D eigenvalue weighted by atomic mass is 35.5. The first-order valence-electron chi connectivity index (χ1n) is 8.15. The predicted molar refractivity (Wildman–Crippen MR) is 94.5 cm³/mol. The standard InChI is InChI=1S/C16H19ClN4O4S/c1-11-14(12(2)25-19-11)26(23,24)21-8-4-7-20(9-10-21)16(22)13-5-3-6-18-15(13)17/h3,5-6H,4,7-10H2,1-2H3. The Kier molecular flexibility index (Phi) is 5.31. The van der Waals surface area contributed by atoms with E-state index in [9.17, 15) is 13.2 Å². The minimum Gasteiger partial charge on any atom is -0.360 e. The highest BCUT2D eigenvalue weighted by Crippen LogP contribution is 2.24. The fourth-order valence-electron chi connectivity index (χ4n) is 3.03. The Morgan fingerprint density at radius 2 is 2.00 bits per heavy atom. The van der Waals surface area contributed by atoms with Gasteiger partial charge in [0.1, 0.15) is 15.7 Å². The zero-order chi connectivity index (χ0) is 18.9. The van der Waals surface area contributed by atoms with Crippen LogP contribution in [0.3, 0.4) is 0 Å². The van der Waals surface area contributed by atoms with Crippen molar-refractivity contribution in [2.75, 3.05) is 26.2 Å². The van der Waals surface area contributed by atoms with Crippen LogP contribution in [0, 0.1) is 13.8 Å². The molecule has 0 atom stereocenters. The maximum atomic E-state index is 12.9. The number of hydrogen-bond acceptors (Lipinski definition) is 6. The summed E-state index contributed by atoms with van der Waals surface area (Å²) in [6.07, 6.45) is 2.03. The highest BCUT2D eigenvalue weighted by molar-refractivity contribution is 7.89. The summed E-state index contributed by atoms with van der Waals surface area (Å²) in [6.45, 7) is 4.39. The molecule has 0 bridgehead atoms. The van der Waals surface area contributed by atoms with Crippen LogP contribution in [0.1, 0.15) is 28.2 Å². The second-order valence-corrected chi connectivity index (χ2v) is 8.28. The second-order valence-electron chi connectivity index (χ2n) is 6.04. The fraction of sp³-hybridized carbons (Fsp3) is 0.438. The molecule has 0 aliphatic carbocycles. The van der Waals surface area contributed by atoms with E-state index in [0.717, 1.165) is 0 Å². The topological polar surface area (TPSA) is 96.6 Å². The van der Waals surface area contributed by atoms with Gasteiger partial charge >= 0.3 is 0 Å². The van der Waals surface area contributed by atoms with E-state index in [-0.39, 0.29) is 34.8 Å². The Morgan fingerprint density at radius 3 is 2.65 bits per heavy atom. The van der Waals surface area contributed by atoms with Gasteiger partial charge < -0.3 is 9.42 Å². The van der Waals surface area contributed by atoms with Crippen LogP contribution in [0.5, 0.6) is 0 Å². The lowest BCUT2D eigenvalue weighted by atomic mass is 10.2. The first-order chi connectivity index (χ1) is 12.3. The molecule has 1 saturated heterocycles. The van der Waals surface area contributed by atoms with Gasteiger partial charge in [0.05, 0.1) is 5.56 Å². The number of amides is 1. The lowest BCUT2D eigenvalue weighted by molar-refractivity contribution is 0.0764. The number of aryl methyl sites for hydroxylation is 2. The third kappa shape index (κ3) is 3.46. The molecule has 0 aromatic carbocycles. The van der Waals surface area contributed by atoms with Crippen molar-refractivity contribution >= 4 is 27.5 Å². The molecule has 10 heteroatoms. The Morgan fingerprint density at radius 1 is 1.23 bits per heavy atom. The number of halogens is 1. The molecule has 1 fully saturated rings. The summed E-state index contributed by atoms with van der Waals surface area (Å²) in [4.78, 5) is 18.3. The van der Waals surface area contributed by atoms with Gasteiger partial charge in [0.2, 0.25) is 10.0 Å². The first kappa shape index (κ1) is 18.8. The smallest absolute Gasteiger partial charge is 0.257 e. The van der Waals surface area contributed by atoms with Gasteiger partial charge in [0, 0.05) is 32.4 Å². The molecule has 0 unspecified atom stereocenters. The zero-order valence-electron chi connectivity index (χ0n) is 14.5. The van der Waals surface area contributed by atoms with Crippen LogP contribution in [0.2, 0.25) is 5.15 Å². The molecule has 3 heterocycles. The summed E-state index contributed by atoms with van der Waals surface area (Å²) >= 11 is 6.00. The first-order valence-corrected chi connectivity index (χ1v) is 9.97. The summed E-state index contributed by atoms with van der Waals surface area (Å²) in [5, 5.41) is 3.87. The van der Waals surface area contributed by atoms with Gasteiger partial charge in [-0.05, 0) is 32.4 Å². The maximum absolute atomic E-state index is 12.9. The van der Waals surface area contributed by atoms with E-state index in [1.807, 2.05) is 0 Å². The van der Waals surface area contributed by atoms with Gasteiger partial charge in [-0.1, -0.05) is 16.8 Å². The molecular weight excluding hydrogens is 380 g/mol. The second kappa shape index (κ2) is 7.34. The number of carbonyl (C=O) groups excluding carboxylic acids is 1. The van der Waals surface area contributed by atoms with Crippen LogP contribution < -0.4 is 0 Å². The molecule has 0 saturated carbocycles. The molecule has 0 N–H and O–H groups in total. The summed E-state index contributed by atoms with van der Waals surface area (Å²) in [6, 6.07) is 3.26. The lowest BCUT2D eigenvalue weighted by Gasteiger charge is -2.22. The number of nitrogens with zero attached hydrogens (tertiary/aromatic N) is 4. The zero-order valence-corrected chi connectivity index (χ0v) is 16.0. The number of pyridine rings is 1. The van der Waals surface area contributed by atoms with Gasteiger partial charge in [-0.15, -0.1) is 0 Å². The highest BCUT2D eigenvalue weighted by Gasteiger charge is 2.33. The number of carbonyl (C=O) groups is 1. The van der Waals surface area contributed by atoms with Crippen LogP contribution in [0.4, 0.5) is 0 Å². The van der Waals surface area contributed by atoms with Crippen LogP contribution >= 0.6 is 11.6 Å². The third-order valence-electron chi connectivity index (χ3n) is 4.30. The van der Waals surface area contributed by atoms with Crippen molar-refractivity contribution in [3.63, 3.8) is 0 Å². The van der Waals surface area contributed by atoms with E-state index in [1.54, 1.807) is 30.9 Å². The average molecular weight is 399 g/mol. The van der Waals surface area contributed by atoms with Crippen molar-refractivity contribution in [1.82, 2.24) is 19.3 Å². The summed E-state index contributed by atoms with van der Waals surface area (Å²) in [7, 11) is -3.72. The van der Waals surface area contributed by atoms with Crippen LogP contribution in [-0.4, -0.2) is 59.8 Å². The minimum absolute atomic E-state index is 0.104. The van der Waals surface area contributed by atoms with Gasteiger partial charge in [0.25, 0.3) is 5.91 Å². The average Bonchev–Trinajstić information content (AvgIpc) is 2.81. The largest absolute Gasteiger partial charge is 0.360 e. The quantitative estimate of drug-likeness (QED) is 0.732. The molecule has 1 amide bonds. The fourth-order valence-corrected chi connectivity index (χ4v) is 4.99. The SMILES string of the molecule is Cc1noc(C)c1S(=O)(=O)N1CCCN(C(=O)c2cccnc2Cl)CC1. The van der Waals surface area contributed by atoms with Crippen molar-refractivity contribution < 1.29 is 17.7 Å². The number of rotatable bonds is 3. The van der Waals surface area contributed by atoms with E-state index in [4.69, 9.17) is 16.1 Å². The molecule has 140 valence electrons. The van der Waals surface area contributed by atoms with Gasteiger partial charge in [-0.25, -0.2) is 13.4 Å². The predicted octanol–water partition coefficient (Wildman–Crippen LogP) is 1.88. The van der Waals surface area contributed by atoms with E-state index >= 15 is 0 Å². The van der Waals surface area contributed by atoms with Crippen molar-refractivity contribution in [3.05, 3.63) is 40.5 Å². The van der Waals surface area contributed by atoms with Crippen LogP contribution in [0.15, 0.2) is 27.7 Å². The molecule has 1 aliphatic heterocycles. The lowest BCUT2D eigenvalue weighted by Crippen LogP contribution is -2.37. The normalized spacial score (nSPS) is 16.5. The van der Waals surface area contributed by atoms with Crippen molar-refractivity contribution in [2.45, 2.75) is 25.2 Å². The van der Waals surface area contributed by atoms with Crippen molar-refractivity contribution in [3.8, 4) is 0 Å².